The van der Waals surface area contributed by atoms with E-state index in [1.54, 1.807) is 25.2 Å². The molecule has 8 nitrogen and oxygen atoms in total. The van der Waals surface area contributed by atoms with Crippen LogP contribution < -0.4 is 10.3 Å². The van der Waals surface area contributed by atoms with Gasteiger partial charge in [0, 0.05) is 23.9 Å². The highest BCUT2D eigenvalue weighted by atomic mass is 19.2. The van der Waals surface area contributed by atoms with Crippen LogP contribution in [0.15, 0.2) is 35.1 Å². The maximum absolute atomic E-state index is 14.1. The Morgan fingerprint density at radius 1 is 1.19 bits per heavy atom. The van der Waals surface area contributed by atoms with Crippen LogP contribution in [0.25, 0.3) is 21.7 Å². The Hall–Kier alpha value is -3.79. The molecule has 2 aromatic heterocycles. The number of H-pyrrole nitrogens is 2. The number of likely N-dealkylation sites (N-methyl/N-ethyl adjacent to an activating group) is 1. The number of nitrogens with zero attached hydrogens (tertiary/aromatic N) is 2. The normalized spacial score (nSPS) is 15.7. The monoisotopic (exact) mass is 440 g/mol. The summed E-state index contributed by atoms with van der Waals surface area (Å²) >= 11 is 0. The zero-order valence-electron chi connectivity index (χ0n) is 17.2. The van der Waals surface area contributed by atoms with Crippen LogP contribution in [0, 0.1) is 11.6 Å². The van der Waals surface area contributed by atoms with E-state index < -0.39 is 23.2 Å². The molecular weight excluding hydrogens is 422 g/mol. The molecule has 0 aliphatic carbocycles. The Morgan fingerprint density at radius 2 is 1.94 bits per heavy atom. The van der Waals surface area contributed by atoms with Gasteiger partial charge in [0.25, 0.3) is 11.5 Å². The van der Waals surface area contributed by atoms with Gasteiger partial charge in [-0.25, -0.2) is 8.78 Å². The van der Waals surface area contributed by atoms with Crippen LogP contribution in [0.1, 0.15) is 27.7 Å². The first-order chi connectivity index (χ1) is 15.4. The van der Waals surface area contributed by atoms with E-state index in [0.29, 0.717) is 33.6 Å². The SMILES string of the molecule is COc1n[nH]c2ccc(C(=O)N(C)C3COCc4[nH]c(=O)c5cc(F)c(F)cc5c43)cc12. The third kappa shape index (κ3) is 3.02. The van der Waals surface area contributed by atoms with Gasteiger partial charge >= 0.3 is 0 Å². The average molecular weight is 440 g/mol. The van der Waals surface area contributed by atoms with Crippen molar-refractivity contribution in [2.75, 3.05) is 20.8 Å². The van der Waals surface area contributed by atoms with Crippen molar-refractivity contribution in [3.05, 3.63) is 69.1 Å². The second-order valence-corrected chi connectivity index (χ2v) is 7.60. The number of carbonyl (C=O) groups excluding carboxylic acids is 1. The lowest BCUT2D eigenvalue weighted by molar-refractivity contribution is 0.0336. The molecule has 1 amide bonds. The molecule has 1 atom stereocenters. The minimum atomic E-state index is -1.11. The van der Waals surface area contributed by atoms with Crippen molar-refractivity contribution in [3.8, 4) is 5.88 Å². The number of aromatic nitrogens is 3. The fourth-order valence-corrected chi connectivity index (χ4v) is 4.17. The molecule has 0 saturated carbocycles. The third-order valence-electron chi connectivity index (χ3n) is 5.80. The Morgan fingerprint density at radius 3 is 2.69 bits per heavy atom. The highest BCUT2D eigenvalue weighted by Gasteiger charge is 2.31. The smallest absolute Gasteiger partial charge is 0.256 e. The summed E-state index contributed by atoms with van der Waals surface area (Å²) < 4.78 is 38.7. The van der Waals surface area contributed by atoms with E-state index in [1.165, 1.54) is 12.0 Å². The van der Waals surface area contributed by atoms with E-state index in [9.17, 15) is 18.4 Å². The fourth-order valence-electron chi connectivity index (χ4n) is 4.17. The van der Waals surface area contributed by atoms with Gasteiger partial charge in [0.2, 0.25) is 5.88 Å². The number of ether oxygens (including phenoxy) is 2. The van der Waals surface area contributed by atoms with Gasteiger partial charge in [0.05, 0.1) is 42.7 Å². The second kappa shape index (κ2) is 7.41. The molecule has 3 heterocycles. The molecular formula is C22H18F2N4O4. The molecule has 1 unspecified atom stereocenters. The van der Waals surface area contributed by atoms with E-state index in [1.807, 2.05) is 0 Å². The van der Waals surface area contributed by atoms with Gasteiger partial charge in [-0.2, -0.15) is 0 Å². The number of carbonyl (C=O) groups is 1. The van der Waals surface area contributed by atoms with Crippen LogP contribution in [-0.2, 0) is 11.3 Å². The molecule has 2 N–H and O–H groups in total. The molecule has 0 saturated heterocycles. The Bertz CT molecular complexity index is 1450. The van der Waals surface area contributed by atoms with Crippen molar-refractivity contribution in [2.24, 2.45) is 0 Å². The van der Waals surface area contributed by atoms with E-state index in [0.717, 1.165) is 12.1 Å². The fraction of sp³-hybridized carbons (Fsp3) is 0.227. The average Bonchev–Trinajstić information content (AvgIpc) is 3.21. The van der Waals surface area contributed by atoms with E-state index in [4.69, 9.17) is 9.47 Å². The summed E-state index contributed by atoms with van der Waals surface area (Å²) in [5.74, 6) is -2.14. The second-order valence-electron chi connectivity index (χ2n) is 7.60. The minimum Gasteiger partial charge on any atom is -0.480 e. The van der Waals surface area contributed by atoms with Crippen molar-refractivity contribution < 1.29 is 23.0 Å². The summed E-state index contributed by atoms with van der Waals surface area (Å²) in [4.78, 5) is 29.9. The highest BCUT2D eigenvalue weighted by molar-refractivity contribution is 5.99. The van der Waals surface area contributed by atoms with Gasteiger partial charge < -0.3 is 19.4 Å². The van der Waals surface area contributed by atoms with E-state index >= 15 is 0 Å². The highest BCUT2D eigenvalue weighted by Crippen LogP contribution is 2.34. The summed E-state index contributed by atoms with van der Waals surface area (Å²) in [6, 6.07) is 6.29. The first kappa shape index (κ1) is 20.1. The van der Waals surface area contributed by atoms with Gasteiger partial charge in [-0.1, -0.05) is 0 Å². The Balaban J connectivity index is 1.61. The molecule has 10 heteroatoms. The molecule has 0 spiro atoms. The zero-order chi connectivity index (χ0) is 22.6. The quantitative estimate of drug-likeness (QED) is 0.510. The number of halogens is 2. The van der Waals surface area contributed by atoms with Crippen molar-refractivity contribution in [3.63, 3.8) is 0 Å². The molecule has 164 valence electrons. The number of methoxy groups -OCH3 is 1. The first-order valence-corrected chi connectivity index (χ1v) is 9.80. The van der Waals surface area contributed by atoms with Crippen molar-refractivity contribution in [1.82, 2.24) is 20.1 Å². The van der Waals surface area contributed by atoms with Crippen molar-refractivity contribution in [2.45, 2.75) is 12.6 Å². The Kier molecular flexibility index (Phi) is 4.66. The minimum absolute atomic E-state index is 0.0138. The maximum Gasteiger partial charge on any atom is 0.256 e. The number of hydrogen-bond acceptors (Lipinski definition) is 5. The van der Waals surface area contributed by atoms with Crippen LogP contribution >= 0.6 is 0 Å². The summed E-state index contributed by atoms with van der Waals surface area (Å²) in [6.07, 6.45) is 0. The number of fused-ring (bicyclic) bond motifs is 4. The number of aromatic amines is 2. The van der Waals surface area contributed by atoms with Crippen LogP contribution in [0.3, 0.4) is 0 Å². The summed E-state index contributed by atoms with van der Waals surface area (Å²) in [5.41, 5.74) is 1.51. The van der Waals surface area contributed by atoms with E-state index in [2.05, 4.69) is 15.2 Å². The number of rotatable bonds is 3. The first-order valence-electron chi connectivity index (χ1n) is 9.80. The van der Waals surface area contributed by atoms with Gasteiger partial charge in [0.1, 0.15) is 0 Å². The summed E-state index contributed by atoms with van der Waals surface area (Å²) in [5, 5.41) is 7.79. The van der Waals surface area contributed by atoms with Crippen LogP contribution in [0.2, 0.25) is 0 Å². The van der Waals surface area contributed by atoms with Gasteiger partial charge in [-0.15, -0.1) is 5.10 Å². The lowest BCUT2D eigenvalue weighted by Gasteiger charge is -2.34. The van der Waals surface area contributed by atoms with Crippen LogP contribution in [0.4, 0.5) is 8.78 Å². The molecule has 32 heavy (non-hydrogen) atoms. The third-order valence-corrected chi connectivity index (χ3v) is 5.80. The molecule has 0 radical (unpaired) electrons. The largest absolute Gasteiger partial charge is 0.480 e. The lowest BCUT2D eigenvalue weighted by atomic mass is 9.95. The molecule has 2 aromatic carbocycles. The topological polar surface area (TPSA) is 100 Å². The molecule has 4 aromatic rings. The summed E-state index contributed by atoms with van der Waals surface area (Å²) in [6.45, 7) is 0.225. The molecule has 0 bridgehead atoms. The van der Waals surface area contributed by atoms with Gasteiger partial charge in [0.15, 0.2) is 11.6 Å². The van der Waals surface area contributed by atoms with Crippen LogP contribution in [0.5, 0.6) is 5.88 Å². The standard InChI is InChI=1S/C22H18F2N4O4/c1-28(22(30)10-3-4-16-13(5-10)21(31-2)27-26-16)18-9-32-8-17-19(18)11-6-14(23)15(24)7-12(11)20(29)25-17/h3-7,18H,8-9H2,1-2H3,(H,25,29)(H,26,27). The van der Waals surface area contributed by atoms with Gasteiger partial charge in [-0.05, 0) is 35.7 Å². The number of nitrogens with one attached hydrogen (secondary N) is 2. The number of hydrogen-bond donors (Lipinski definition) is 2. The van der Waals surface area contributed by atoms with Crippen molar-refractivity contribution in [1.29, 1.82) is 0 Å². The molecule has 0 fully saturated rings. The lowest BCUT2D eigenvalue weighted by Crippen LogP contribution is -2.37. The van der Waals surface area contributed by atoms with Crippen molar-refractivity contribution >= 4 is 27.6 Å². The van der Waals surface area contributed by atoms with E-state index in [-0.39, 0.29) is 29.9 Å². The number of benzene rings is 2. The van der Waals surface area contributed by atoms with Gasteiger partial charge in [-0.3, -0.25) is 14.7 Å². The number of pyridine rings is 1. The Labute approximate surface area is 179 Å². The maximum atomic E-state index is 14.1. The van der Waals surface area contributed by atoms with Crippen LogP contribution in [-0.4, -0.2) is 46.8 Å². The molecule has 1 aliphatic heterocycles. The predicted octanol–water partition coefficient (Wildman–Crippen LogP) is 3.03. The zero-order valence-corrected chi connectivity index (χ0v) is 17.2. The predicted molar refractivity (Wildman–Crippen MR) is 112 cm³/mol. The molecule has 1 aliphatic rings. The molecule has 5 rings (SSSR count). The summed E-state index contributed by atoms with van der Waals surface area (Å²) in [7, 11) is 3.08. The number of amides is 1.